The van der Waals surface area contributed by atoms with Crippen molar-refractivity contribution in [1.82, 2.24) is 4.72 Å². The second-order valence-corrected chi connectivity index (χ2v) is 7.12. The number of aromatic carboxylic acids is 1. The summed E-state index contributed by atoms with van der Waals surface area (Å²) in [6, 6.07) is 3.63. The second kappa shape index (κ2) is 6.11. The molecule has 1 fully saturated rings. The number of carbonyl (C=O) groups is 1. The van der Waals surface area contributed by atoms with Gasteiger partial charge in [-0.3, -0.25) is 0 Å². The van der Waals surface area contributed by atoms with Crippen LogP contribution in [0, 0.1) is 5.92 Å². The van der Waals surface area contributed by atoms with Gasteiger partial charge in [0, 0.05) is 6.54 Å². The van der Waals surface area contributed by atoms with Crippen molar-refractivity contribution in [3.8, 4) is 0 Å². The Kier molecular flexibility index (Phi) is 4.67. The predicted molar refractivity (Wildman–Crippen MR) is 75.6 cm³/mol. The van der Waals surface area contributed by atoms with Gasteiger partial charge in [0.05, 0.1) is 15.5 Å². The van der Waals surface area contributed by atoms with E-state index in [1.807, 2.05) is 0 Å². The summed E-state index contributed by atoms with van der Waals surface area (Å²) in [7, 11) is -3.64. The van der Waals surface area contributed by atoms with Crippen molar-refractivity contribution in [2.45, 2.75) is 30.6 Å². The van der Waals surface area contributed by atoms with Gasteiger partial charge in [0.1, 0.15) is 0 Å². The van der Waals surface area contributed by atoms with E-state index in [2.05, 4.69) is 4.72 Å². The molecule has 2 rings (SSSR count). The predicted octanol–water partition coefficient (Wildman–Crippen LogP) is 2.51. The SMILES string of the molecule is O=C(O)c1ccc(S(=O)(=O)NCC2CCCC2)cc1Cl. The lowest BCUT2D eigenvalue weighted by Crippen LogP contribution is -2.28. The highest BCUT2D eigenvalue weighted by molar-refractivity contribution is 7.89. The molecule has 1 aromatic carbocycles. The van der Waals surface area contributed by atoms with Crippen molar-refractivity contribution >= 4 is 27.6 Å². The van der Waals surface area contributed by atoms with Gasteiger partial charge in [-0.1, -0.05) is 24.4 Å². The Morgan fingerprint density at radius 2 is 2.00 bits per heavy atom. The highest BCUT2D eigenvalue weighted by Gasteiger charge is 2.21. The number of carboxylic acids is 1. The van der Waals surface area contributed by atoms with Crippen LogP contribution in [0.5, 0.6) is 0 Å². The minimum absolute atomic E-state index is 0.00880. The molecule has 0 aliphatic heterocycles. The van der Waals surface area contributed by atoms with Gasteiger partial charge in [-0.25, -0.2) is 17.9 Å². The van der Waals surface area contributed by atoms with E-state index < -0.39 is 16.0 Å². The number of rotatable bonds is 5. The molecule has 5 nitrogen and oxygen atoms in total. The van der Waals surface area contributed by atoms with Crippen LogP contribution in [0.15, 0.2) is 23.1 Å². The van der Waals surface area contributed by atoms with E-state index >= 15 is 0 Å². The molecule has 1 aliphatic rings. The molecule has 0 amide bonds. The molecule has 0 bridgehead atoms. The summed E-state index contributed by atoms with van der Waals surface area (Å²) in [4.78, 5) is 10.8. The van der Waals surface area contributed by atoms with Gasteiger partial charge in [0.15, 0.2) is 0 Å². The first kappa shape index (κ1) is 15.3. The molecular formula is C13H16ClNO4S. The van der Waals surface area contributed by atoms with Gasteiger partial charge < -0.3 is 5.11 Å². The highest BCUT2D eigenvalue weighted by atomic mass is 35.5. The minimum atomic E-state index is -3.64. The zero-order valence-corrected chi connectivity index (χ0v) is 12.4. The summed E-state index contributed by atoms with van der Waals surface area (Å²) in [5.74, 6) is -0.795. The van der Waals surface area contributed by atoms with Crippen LogP contribution < -0.4 is 4.72 Å². The number of carboxylic acid groups (broad SMARTS) is 1. The summed E-state index contributed by atoms with van der Waals surface area (Å²) < 4.78 is 26.8. The Bertz CT molecular complexity index is 609. The number of hydrogen-bond acceptors (Lipinski definition) is 3. The zero-order valence-electron chi connectivity index (χ0n) is 10.8. The highest BCUT2D eigenvalue weighted by Crippen LogP contribution is 2.25. The van der Waals surface area contributed by atoms with Crippen molar-refractivity contribution < 1.29 is 18.3 Å². The average Bonchev–Trinajstić information content (AvgIpc) is 2.89. The monoisotopic (exact) mass is 317 g/mol. The standard InChI is InChI=1S/C13H16ClNO4S/c14-12-7-10(5-6-11(12)13(16)17)20(18,19)15-8-9-3-1-2-4-9/h5-7,9,15H,1-4,8H2,(H,16,17). The van der Waals surface area contributed by atoms with E-state index in [9.17, 15) is 13.2 Å². The fourth-order valence-electron chi connectivity index (χ4n) is 2.36. The molecule has 0 saturated heterocycles. The van der Waals surface area contributed by atoms with E-state index in [0.29, 0.717) is 12.5 Å². The Hall–Kier alpha value is -1.11. The quantitative estimate of drug-likeness (QED) is 0.874. The van der Waals surface area contributed by atoms with Gasteiger partial charge in [-0.05, 0) is 37.0 Å². The number of benzene rings is 1. The number of halogens is 1. The van der Waals surface area contributed by atoms with Crippen molar-refractivity contribution in [3.63, 3.8) is 0 Å². The lowest BCUT2D eigenvalue weighted by Gasteiger charge is -2.11. The third-order valence-corrected chi connectivity index (χ3v) is 5.25. The van der Waals surface area contributed by atoms with Crippen molar-refractivity contribution in [2.75, 3.05) is 6.54 Å². The molecule has 2 N–H and O–H groups in total. The van der Waals surface area contributed by atoms with E-state index in [1.165, 1.54) is 18.2 Å². The Morgan fingerprint density at radius 3 is 2.55 bits per heavy atom. The molecule has 1 aliphatic carbocycles. The second-order valence-electron chi connectivity index (χ2n) is 4.95. The van der Waals surface area contributed by atoms with Gasteiger partial charge >= 0.3 is 5.97 Å². The molecule has 0 aromatic heterocycles. The zero-order chi connectivity index (χ0) is 14.8. The smallest absolute Gasteiger partial charge is 0.337 e. The summed E-state index contributed by atoms with van der Waals surface area (Å²) in [5.41, 5.74) is -0.110. The molecule has 0 heterocycles. The molecule has 0 unspecified atom stereocenters. The van der Waals surface area contributed by atoms with Crippen LogP contribution in [-0.2, 0) is 10.0 Å². The van der Waals surface area contributed by atoms with Gasteiger partial charge in [0.25, 0.3) is 0 Å². The summed E-state index contributed by atoms with van der Waals surface area (Å²) in [5, 5.41) is 8.77. The lowest BCUT2D eigenvalue weighted by molar-refractivity contribution is 0.0697. The Labute approximate surface area is 123 Å². The van der Waals surface area contributed by atoms with Crippen LogP contribution in [0.1, 0.15) is 36.0 Å². The molecular weight excluding hydrogens is 302 g/mol. The number of hydrogen-bond donors (Lipinski definition) is 2. The molecule has 0 radical (unpaired) electrons. The van der Waals surface area contributed by atoms with E-state index in [1.54, 1.807) is 0 Å². The van der Waals surface area contributed by atoms with Crippen LogP contribution in [0.4, 0.5) is 0 Å². The van der Waals surface area contributed by atoms with Crippen LogP contribution in [0.25, 0.3) is 0 Å². The molecule has 0 atom stereocenters. The first-order valence-electron chi connectivity index (χ1n) is 6.42. The number of sulfonamides is 1. The van der Waals surface area contributed by atoms with E-state index in [-0.39, 0.29) is 15.5 Å². The van der Waals surface area contributed by atoms with Crippen molar-refractivity contribution in [1.29, 1.82) is 0 Å². The fourth-order valence-corrected chi connectivity index (χ4v) is 3.83. The van der Waals surface area contributed by atoms with E-state index in [0.717, 1.165) is 25.7 Å². The first-order chi connectivity index (χ1) is 9.40. The topological polar surface area (TPSA) is 83.5 Å². The molecule has 110 valence electrons. The van der Waals surface area contributed by atoms with Crippen LogP contribution in [0.3, 0.4) is 0 Å². The van der Waals surface area contributed by atoms with Crippen molar-refractivity contribution in [3.05, 3.63) is 28.8 Å². The normalized spacial score (nSPS) is 16.4. The Balaban J connectivity index is 2.12. The van der Waals surface area contributed by atoms with E-state index in [4.69, 9.17) is 16.7 Å². The van der Waals surface area contributed by atoms with Crippen molar-refractivity contribution in [2.24, 2.45) is 5.92 Å². The third-order valence-electron chi connectivity index (χ3n) is 3.52. The largest absolute Gasteiger partial charge is 0.478 e. The first-order valence-corrected chi connectivity index (χ1v) is 8.29. The molecule has 7 heteroatoms. The maximum absolute atomic E-state index is 12.1. The molecule has 1 saturated carbocycles. The average molecular weight is 318 g/mol. The fraction of sp³-hybridized carbons (Fsp3) is 0.462. The van der Waals surface area contributed by atoms with Crippen LogP contribution in [0.2, 0.25) is 5.02 Å². The third kappa shape index (κ3) is 3.50. The van der Waals surface area contributed by atoms with Gasteiger partial charge in [-0.2, -0.15) is 0 Å². The van der Waals surface area contributed by atoms with Gasteiger partial charge in [0.2, 0.25) is 10.0 Å². The maximum atomic E-state index is 12.1. The molecule has 20 heavy (non-hydrogen) atoms. The summed E-state index contributed by atoms with van der Waals surface area (Å²) >= 11 is 5.78. The Morgan fingerprint density at radius 1 is 1.35 bits per heavy atom. The van der Waals surface area contributed by atoms with Crippen LogP contribution >= 0.6 is 11.6 Å². The molecule has 1 aromatic rings. The number of nitrogens with one attached hydrogen (secondary N) is 1. The summed E-state index contributed by atoms with van der Waals surface area (Å²) in [6.45, 7) is 0.417. The molecule has 0 spiro atoms. The minimum Gasteiger partial charge on any atom is -0.478 e. The summed E-state index contributed by atoms with van der Waals surface area (Å²) in [6.07, 6.45) is 4.37. The van der Waals surface area contributed by atoms with Crippen LogP contribution in [-0.4, -0.2) is 26.0 Å². The lowest BCUT2D eigenvalue weighted by atomic mass is 10.1. The maximum Gasteiger partial charge on any atom is 0.337 e. The van der Waals surface area contributed by atoms with Gasteiger partial charge in [-0.15, -0.1) is 0 Å².